The molecule has 31 heavy (non-hydrogen) atoms. The third-order valence-corrected chi connectivity index (χ3v) is 6.01. The minimum absolute atomic E-state index is 0.308. The number of nitrogens with zero attached hydrogens (tertiary/aromatic N) is 5. The van der Waals surface area contributed by atoms with Gasteiger partial charge < -0.3 is 4.57 Å². The number of hydrogen-bond acceptors (Lipinski definition) is 4. The first-order valence-electron chi connectivity index (χ1n) is 11.0. The van der Waals surface area contributed by atoms with Gasteiger partial charge in [-0.1, -0.05) is 68.0 Å². The Kier molecular flexibility index (Phi) is 5.44. The lowest BCUT2D eigenvalue weighted by atomic mass is 9.95. The van der Waals surface area contributed by atoms with Crippen LogP contribution in [0.4, 0.5) is 0 Å². The third-order valence-electron chi connectivity index (χ3n) is 6.01. The van der Waals surface area contributed by atoms with Gasteiger partial charge in [0.05, 0.1) is 6.04 Å². The number of aromatic nitrogens is 6. The maximum atomic E-state index is 4.70. The average molecular weight is 411 g/mol. The maximum absolute atomic E-state index is 4.70. The minimum Gasteiger partial charge on any atom is -0.321 e. The highest BCUT2D eigenvalue weighted by molar-refractivity contribution is 5.80. The molecule has 3 heterocycles. The number of fused-ring (bicyclic) bond motifs is 1. The van der Waals surface area contributed by atoms with Crippen molar-refractivity contribution >= 4 is 6.08 Å². The smallest absolute Gasteiger partial charge is 0.180 e. The number of unbranched alkanes of at least 4 members (excludes halogenated alkanes) is 1. The average Bonchev–Trinajstić information content (AvgIpc) is 3.44. The first kappa shape index (κ1) is 19.4. The Morgan fingerprint density at radius 2 is 1.90 bits per heavy atom. The van der Waals surface area contributed by atoms with E-state index in [1.807, 2.05) is 18.2 Å². The predicted octanol–water partition coefficient (Wildman–Crippen LogP) is 5.47. The van der Waals surface area contributed by atoms with Crippen molar-refractivity contribution < 1.29 is 0 Å². The van der Waals surface area contributed by atoms with E-state index in [0.717, 1.165) is 41.8 Å². The van der Waals surface area contributed by atoms with Crippen LogP contribution in [0.25, 0.3) is 28.6 Å². The molecule has 6 nitrogen and oxygen atoms in total. The van der Waals surface area contributed by atoms with Crippen molar-refractivity contribution in [3.8, 4) is 22.5 Å². The van der Waals surface area contributed by atoms with Crippen LogP contribution < -0.4 is 0 Å². The monoisotopic (exact) mass is 410 g/mol. The first-order chi connectivity index (χ1) is 15.3. The summed E-state index contributed by atoms with van der Waals surface area (Å²) in [5.41, 5.74) is 5.92. The Morgan fingerprint density at radius 1 is 1.06 bits per heavy atom. The number of nitrogens with one attached hydrogen (secondary N) is 1. The van der Waals surface area contributed by atoms with E-state index in [1.54, 1.807) is 0 Å². The summed E-state index contributed by atoms with van der Waals surface area (Å²) in [4.78, 5) is 4.70. The lowest BCUT2D eigenvalue weighted by molar-refractivity contribution is 0.525. The summed E-state index contributed by atoms with van der Waals surface area (Å²) >= 11 is 0. The Bertz CT molecular complexity index is 1170. The lowest BCUT2D eigenvalue weighted by Gasteiger charge is -2.22. The Morgan fingerprint density at radius 3 is 2.68 bits per heavy atom. The molecule has 0 radical (unpaired) electrons. The van der Waals surface area contributed by atoms with Gasteiger partial charge in [-0.25, -0.2) is 10.1 Å². The number of rotatable bonds is 6. The largest absolute Gasteiger partial charge is 0.321 e. The molecule has 0 saturated heterocycles. The van der Waals surface area contributed by atoms with Crippen LogP contribution in [0, 0.1) is 0 Å². The minimum atomic E-state index is 0.308. The van der Waals surface area contributed by atoms with Crippen molar-refractivity contribution in [2.24, 2.45) is 0 Å². The second-order valence-corrected chi connectivity index (χ2v) is 7.99. The molecular weight excluding hydrogens is 384 g/mol. The zero-order valence-electron chi connectivity index (χ0n) is 17.7. The van der Waals surface area contributed by atoms with Crippen LogP contribution in [-0.2, 0) is 6.42 Å². The summed E-state index contributed by atoms with van der Waals surface area (Å²) in [5.74, 6) is 1.75. The number of imidazole rings is 1. The topological polar surface area (TPSA) is 72.3 Å². The molecule has 1 unspecified atom stereocenters. The number of benzene rings is 2. The summed E-state index contributed by atoms with van der Waals surface area (Å²) in [6.45, 7) is 2.24. The lowest BCUT2D eigenvalue weighted by Crippen LogP contribution is -2.14. The number of aryl methyl sites for hydroxylation is 1. The second kappa shape index (κ2) is 8.68. The van der Waals surface area contributed by atoms with Crippen LogP contribution in [-0.4, -0.2) is 30.2 Å². The number of tetrazole rings is 1. The van der Waals surface area contributed by atoms with Gasteiger partial charge in [-0.15, -0.1) is 5.10 Å². The molecule has 2 aromatic carbocycles. The van der Waals surface area contributed by atoms with E-state index in [0.29, 0.717) is 11.9 Å². The summed E-state index contributed by atoms with van der Waals surface area (Å²) in [5, 5.41) is 14.4. The van der Waals surface area contributed by atoms with Gasteiger partial charge in [-0.3, -0.25) is 0 Å². The van der Waals surface area contributed by atoms with Crippen LogP contribution in [0.3, 0.4) is 0 Å². The molecule has 4 aromatic rings. The predicted molar refractivity (Wildman–Crippen MR) is 122 cm³/mol. The molecule has 0 spiro atoms. The number of allylic oxidation sites excluding steroid dienone is 1. The Balaban J connectivity index is 1.49. The summed E-state index contributed by atoms with van der Waals surface area (Å²) in [6, 6.07) is 17.4. The zero-order valence-corrected chi connectivity index (χ0v) is 17.7. The molecule has 1 aliphatic heterocycles. The van der Waals surface area contributed by atoms with Crippen molar-refractivity contribution in [1.82, 2.24) is 30.2 Å². The Labute approximate surface area is 182 Å². The summed E-state index contributed by atoms with van der Waals surface area (Å²) < 4.78 is 2.45. The molecule has 6 heteroatoms. The van der Waals surface area contributed by atoms with Gasteiger partial charge >= 0.3 is 0 Å². The van der Waals surface area contributed by atoms with Crippen molar-refractivity contribution in [2.75, 3.05) is 0 Å². The normalized spacial score (nSPS) is 15.6. The summed E-state index contributed by atoms with van der Waals surface area (Å²) in [7, 11) is 0. The molecule has 0 bridgehead atoms. The molecule has 1 atom stereocenters. The molecule has 1 N–H and O–H groups in total. The van der Waals surface area contributed by atoms with Gasteiger partial charge in [0.1, 0.15) is 5.82 Å². The molecule has 0 fully saturated rings. The van der Waals surface area contributed by atoms with E-state index >= 15 is 0 Å². The van der Waals surface area contributed by atoms with Crippen LogP contribution in [0.1, 0.15) is 55.7 Å². The first-order valence-corrected chi connectivity index (χ1v) is 11.0. The van der Waals surface area contributed by atoms with Crippen molar-refractivity contribution in [2.45, 2.75) is 45.1 Å². The van der Waals surface area contributed by atoms with Gasteiger partial charge in [0.25, 0.3) is 0 Å². The molecule has 5 rings (SSSR count). The molecule has 156 valence electrons. The van der Waals surface area contributed by atoms with Crippen LogP contribution in [0.5, 0.6) is 0 Å². The van der Waals surface area contributed by atoms with Gasteiger partial charge in [0, 0.05) is 17.5 Å². The highest BCUT2D eigenvalue weighted by Gasteiger charge is 2.21. The fourth-order valence-electron chi connectivity index (χ4n) is 4.43. The molecule has 0 aliphatic carbocycles. The molecule has 0 amide bonds. The zero-order chi connectivity index (χ0) is 21.0. The molecule has 2 aromatic heterocycles. The Hall–Kier alpha value is -3.54. The third kappa shape index (κ3) is 3.81. The number of H-pyrrole nitrogens is 1. The SMILES string of the molecule is CCCCc1cnc2n1C(c1ccc(-c3ccccc3-c3nnn[nH]3)cc1)CCC=C2. The fraction of sp³-hybridized carbons (Fsp3) is 0.280. The number of hydrogen-bond donors (Lipinski definition) is 1. The van der Waals surface area contributed by atoms with E-state index in [2.05, 4.69) is 80.8 Å². The van der Waals surface area contributed by atoms with Crippen molar-refractivity contribution in [1.29, 1.82) is 0 Å². The van der Waals surface area contributed by atoms with Crippen LogP contribution >= 0.6 is 0 Å². The quantitative estimate of drug-likeness (QED) is 0.457. The van der Waals surface area contributed by atoms with Crippen molar-refractivity contribution in [3.05, 3.63) is 77.9 Å². The van der Waals surface area contributed by atoms with Crippen LogP contribution in [0.15, 0.2) is 60.8 Å². The van der Waals surface area contributed by atoms with E-state index in [9.17, 15) is 0 Å². The van der Waals surface area contributed by atoms with Crippen LogP contribution in [0.2, 0.25) is 0 Å². The molecule has 1 aliphatic rings. The molecular formula is C25H26N6. The van der Waals surface area contributed by atoms with E-state index in [-0.39, 0.29) is 0 Å². The van der Waals surface area contributed by atoms with E-state index < -0.39 is 0 Å². The second-order valence-electron chi connectivity index (χ2n) is 7.99. The maximum Gasteiger partial charge on any atom is 0.180 e. The van der Waals surface area contributed by atoms with Gasteiger partial charge in [0.15, 0.2) is 5.82 Å². The standard InChI is InChI=1S/C25H26N6/c1-2-3-8-20-17-26-24-12-7-6-11-23(31(20)24)19-15-13-18(14-16-19)21-9-4-5-10-22(21)25-27-29-30-28-25/h4-5,7,9-10,12-17,23H,2-3,6,8,11H2,1H3,(H,27,28,29,30). The van der Waals surface area contributed by atoms with Gasteiger partial charge in [-0.05, 0) is 58.9 Å². The highest BCUT2D eigenvalue weighted by Crippen LogP contribution is 2.34. The van der Waals surface area contributed by atoms with E-state index in [4.69, 9.17) is 4.98 Å². The van der Waals surface area contributed by atoms with Crippen molar-refractivity contribution in [3.63, 3.8) is 0 Å². The fourth-order valence-corrected chi connectivity index (χ4v) is 4.43. The van der Waals surface area contributed by atoms with Gasteiger partial charge in [-0.2, -0.15) is 0 Å². The van der Waals surface area contributed by atoms with E-state index in [1.165, 1.54) is 24.1 Å². The number of aromatic amines is 1. The molecule has 0 saturated carbocycles. The summed E-state index contributed by atoms with van der Waals surface area (Å²) in [6.07, 6.45) is 12.1. The van der Waals surface area contributed by atoms with Gasteiger partial charge in [0.2, 0.25) is 0 Å². The highest BCUT2D eigenvalue weighted by atomic mass is 15.5.